The van der Waals surface area contributed by atoms with Gasteiger partial charge in [0.1, 0.15) is 0 Å². The standard InChI is InChI=1S/C11H20O2/c1-4-5-6-7-8-9(2)10(3)11(12)13/h4-8H2,1-3H3,(H,12,13)/b10-9-. The Labute approximate surface area is 80.7 Å². The van der Waals surface area contributed by atoms with Crippen LogP contribution in [0.5, 0.6) is 0 Å². The molecule has 0 spiro atoms. The fraction of sp³-hybridized carbons (Fsp3) is 0.727. The van der Waals surface area contributed by atoms with E-state index in [2.05, 4.69) is 6.92 Å². The third-order valence-electron chi connectivity index (χ3n) is 2.37. The molecule has 13 heavy (non-hydrogen) atoms. The van der Waals surface area contributed by atoms with E-state index in [1.54, 1.807) is 6.92 Å². The van der Waals surface area contributed by atoms with E-state index in [0.717, 1.165) is 18.4 Å². The van der Waals surface area contributed by atoms with Crippen molar-refractivity contribution in [2.45, 2.75) is 52.9 Å². The highest BCUT2D eigenvalue weighted by Crippen LogP contribution is 2.13. The van der Waals surface area contributed by atoms with Gasteiger partial charge in [0.15, 0.2) is 0 Å². The predicted octanol–water partition coefficient (Wildman–Crippen LogP) is 3.38. The molecule has 0 aromatic rings. The third kappa shape index (κ3) is 5.45. The van der Waals surface area contributed by atoms with Crippen LogP contribution in [0.15, 0.2) is 11.1 Å². The average Bonchev–Trinajstić information content (AvgIpc) is 2.10. The Morgan fingerprint density at radius 2 is 1.77 bits per heavy atom. The second-order valence-electron chi connectivity index (χ2n) is 3.52. The number of aliphatic carboxylic acids is 1. The molecule has 0 atom stereocenters. The van der Waals surface area contributed by atoms with Crippen molar-refractivity contribution in [2.24, 2.45) is 0 Å². The van der Waals surface area contributed by atoms with Crippen LogP contribution < -0.4 is 0 Å². The lowest BCUT2D eigenvalue weighted by atomic mass is 10.0. The molecule has 0 unspecified atom stereocenters. The van der Waals surface area contributed by atoms with Crippen molar-refractivity contribution in [1.82, 2.24) is 0 Å². The van der Waals surface area contributed by atoms with Gasteiger partial charge in [-0.05, 0) is 26.7 Å². The molecular weight excluding hydrogens is 164 g/mol. The summed E-state index contributed by atoms with van der Waals surface area (Å²) in [6.45, 7) is 5.76. The zero-order valence-corrected chi connectivity index (χ0v) is 8.89. The van der Waals surface area contributed by atoms with E-state index in [9.17, 15) is 4.79 Å². The molecule has 0 radical (unpaired) electrons. The zero-order chi connectivity index (χ0) is 10.3. The second kappa shape index (κ2) is 6.70. The van der Waals surface area contributed by atoms with Gasteiger partial charge in [-0.3, -0.25) is 0 Å². The molecule has 0 aliphatic heterocycles. The molecule has 0 saturated heterocycles. The first-order valence-corrected chi connectivity index (χ1v) is 4.99. The molecule has 0 aromatic carbocycles. The van der Waals surface area contributed by atoms with Crippen LogP contribution in [0.25, 0.3) is 0 Å². The topological polar surface area (TPSA) is 37.3 Å². The van der Waals surface area contributed by atoms with Crippen molar-refractivity contribution in [1.29, 1.82) is 0 Å². The summed E-state index contributed by atoms with van der Waals surface area (Å²) in [6, 6.07) is 0. The highest BCUT2D eigenvalue weighted by atomic mass is 16.4. The average molecular weight is 184 g/mol. The Morgan fingerprint density at radius 3 is 2.23 bits per heavy atom. The fourth-order valence-corrected chi connectivity index (χ4v) is 1.19. The first-order valence-electron chi connectivity index (χ1n) is 4.99. The lowest BCUT2D eigenvalue weighted by Crippen LogP contribution is -1.99. The SMILES string of the molecule is CCCCCC/C(C)=C(/C)C(=O)O. The molecule has 0 saturated carbocycles. The fourth-order valence-electron chi connectivity index (χ4n) is 1.19. The van der Waals surface area contributed by atoms with E-state index in [1.165, 1.54) is 19.3 Å². The largest absolute Gasteiger partial charge is 0.478 e. The maximum absolute atomic E-state index is 10.6. The summed E-state index contributed by atoms with van der Waals surface area (Å²) in [4.78, 5) is 10.6. The number of allylic oxidation sites excluding steroid dienone is 1. The maximum atomic E-state index is 10.6. The van der Waals surface area contributed by atoms with Crippen LogP contribution in [0.2, 0.25) is 0 Å². The van der Waals surface area contributed by atoms with Crippen molar-refractivity contribution in [3.05, 3.63) is 11.1 Å². The summed E-state index contributed by atoms with van der Waals surface area (Å²) >= 11 is 0. The highest BCUT2D eigenvalue weighted by Gasteiger charge is 2.04. The summed E-state index contributed by atoms with van der Waals surface area (Å²) in [7, 11) is 0. The molecule has 1 N–H and O–H groups in total. The molecule has 0 heterocycles. The summed E-state index contributed by atoms with van der Waals surface area (Å²) in [5, 5.41) is 8.70. The normalized spacial score (nSPS) is 12.5. The number of rotatable bonds is 6. The summed E-state index contributed by atoms with van der Waals surface area (Å²) in [5.74, 6) is -0.784. The third-order valence-corrected chi connectivity index (χ3v) is 2.37. The minimum atomic E-state index is -0.784. The molecule has 0 aromatic heterocycles. The first-order chi connectivity index (χ1) is 6.09. The smallest absolute Gasteiger partial charge is 0.331 e. The second-order valence-corrected chi connectivity index (χ2v) is 3.52. The molecule has 0 aliphatic rings. The van der Waals surface area contributed by atoms with E-state index in [4.69, 9.17) is 5.11 Å². The van der Waals surface area contributed by atoms with E-state index in [1.807, 2.05) is 6.92 Å². The minimum absolute atomic E-state index is 0.511. The number of hydrogen-bond acceptors (Lipinski definition) is 1. The van der Waals surface area contributed by atoms with E-state index < -0.39 is 5.97 Å². The van der Waals surface area contributed by atoms with Gasteiger partial charge >= 0.3 is 5.97 Å². The Balaban J connectivity index is 3.79. The molecule has 0 amide bonds. The lowest BCUT2D eigenvalue weighted by molar-refractivity contribution is -0.132. The van der Waals surface area contributed by atoms with Crippen LogP contribution in [-0.2, 0) is 4.79 Å². The molecule has 0 fully saturated rings. The van der Waals surface area contributed by atoms with Crippen LogP contribution in [0, 0.1) is 0 Å². The molecule has 76 valence electrons. The van der Waals surface area contributed by atoms with Crippen LogP contribution in [-0.4, -0.2) is 11.1 Å². The van der Waals surface area contributed by atoms with Gasteiger partial charge in [-0.2, -0.15) is 0 Å². The van der Waals surface area contributed by atoms with Crippen molar-refractivity contribution in [2.75, 3.05) is 0 Å². The lowest BCUT2D eigenvalue weighted by Gasteiger charge is -2.03. The number of carboxylic acids is 1. The van der Waals surface area contributed by atoms with Crippen LogP contribution in [0.3, 0.4) is 0 Å². The molecular formula is C11H20O2. The number of carboxylic acid groups (broad SMARTS) is 1. The molecule has 0 rings (SSSR count). The number of unbranched alkanes of at least 4 members (excludes halogenated alkanes) is 3. The van der Waals surface area contributed by atoms with Crippen molar-refractivity contribution in [3.63, 3.8) is 0 Å². The van der Waals surface area contributed by atoms with Gasteiger partial charge in [-0.1, -0.05) is 31.8 Å². The first kappa shape index (κ1) is 12.2. The Morgan fingerprint density at radius 1 is 1.15 bits per heavy atom. The summed E-state index contributed by atoms with van der Waals surface area (Å²) in [6.07, 6.45) is 5.73. The Bertz CT molecular complexity index is 192. The Hall–Kier alpha value is -0.790. The van der Waals surface area contributed by atoms with Gasteiger partial charge < -0.3 is 5.11 Å². The van der Waals surface area contributed by atoms with Crippen molar-refractivity contribution < 1.29 is 9.90 Å². The maximum Gasteiger partial charge on any atom is 0.331 e. The van der Waals surface area contributed by atoms with Gasteiger partial charge in [0.2, 0.25) is 0 Å². The van der Waals surface area contributed by atoms with E-state index in [-0.39, 0.29) is 0 Å². The molecule has 0 aliphatic carbocycles. The van der Waals surface area contributed by atoms with Gasteiger partial charge in [0, 0.05) is 5.57 Å². The molecule has 2 nitrogen and oxygen atoms in total. The van der Waals surface area contributed by atoms with E-state index in [0.29, 0.717) is 5.57 Å². The van der Waals surface area contributed by atoms with Crippen LogP contribution >= 0.6 is 0 Å². The predicted molar refractivity (Wildman–Crippen MR) is 54.8 cm³/mol. The number of carbonyl (C=O) groups is 1. The molecule has 0 bridgehead atoms. The van der Waals surface area contributed by atoms with Crippen molar-refractivity contribution >= 4 is 5.97 Å². The van der Waals surface area contributed by atoms with Crippen LogP contribution in [0.4, 0.5) is 0 Å². The molecule has 2 heteroatoms. The quantitative estimate of drug-likeness (QED) is 0.507. The summed E-state index contributed by atoms with van der Waals surface area (Å²) < 4.78 is 0. The van der Waals surface area contributed by atoms with Gasteiger partial charge in [0.05, 0.1) is 0 Å². The van der Waals surface area contributed by atoms with Gasteiger partial charge in [0.25, 0.3) is 0 Å². The van der Waals surface area contributed by atoms with Gasteiger partial charge in [-0.15, -0.1) is 0 Å². The van der Waals surface area contributed by atoms with Crippen molar-refractivity contribution in [3.8, 4) is 0 Å². The monoisotopic (exact) mass is 184 g/mol. The Kier molecular flexibility index (Phi) is 6.29. The minimum Gasteiger partial charge on any atom is -0.478 e. The summed E-state index contributed by atoms with van der Waals surface area (Å²) in [5.41, 5.74) is 1.53. The van der Waals surface area contributed by atoms with Crippen LogP contribution in [0.1, 0.15) is 52.9 Å². The van der Waals surface area contributed by atoms with Gasteiger partial charge in [-0.25, -0.2) is 4.79 Å². The zero-order valence-electron chi connectivity index (χ0n) is 8.89. The number of hydrogen-bond donors (Lipinski definition) is 1. The van der Waals surface area contributed by atoms with E-state index >= 15 is 0 Å². The highest BCUT2D eigenvalue weighted by molar-refractivity contribution is 5.86.